The maximum absolute atomic E-state index is 11.9. The van der Waals surface area contributed by atoms with E-state index in [1.165, 1.54) is 12.4 Å². The van der Waals surface area contributed by atoms with Gasteiger partial charge in [-0.2, -0.15) is 0 Å². The molecule has 4 rings (SSSR count). The van der Waals surface area contributed by atoms with Crippen LogP contribution in [0.1, 0.15) is 12.8 Å². The van der Waals surface area contributed by atoms with Crippen LogP contribution in [-0.4, -0.2) is 39.6 Å². The van der Waals surface area contributed by atoms with Crippen LogP contribution in [0.2, 0.25) is 0 Å². The molecule has 0 atom stereocenters. The number of H-pyrrole nitrogens is 1. The zero-order chi connectivity index (χ0) is 19.5. The van der Waals surface area contributed by atoms with Gasteiger partial charge in [-0.1, -0.05) is 6.07 Å². The number of aromatic nitrogens is 3. The highest BCUT2D eigenvalue weighted by atomic mass is 16.6. The van der Waals surface area contributed by atoms with Gasteiger partial charge in [0, 0.05) is 31.4 Å². The van der Waals surface area contributed by atoms with Gasteiger partial charge in [0.2, 0.25) is 5.88 Å². The van der Waals surface area contributed by atoms with Crippen LogP contribution in [0.15, 0.2) is 47.7 Å². The summed E-state index contributed by atoms with van der Waals surface area (Å²) in [6.07, 6.45) is 4.70. The number of hydrogen-bond donors (Lipinski definition) is 1. The summed E-state index contributed by atoms with van der Waals surface area (Å²) in [4.78, 5) is 35.8. The van der Waals surface area contributed by atoms with Crippen molar-refractivity contribution in [3.8, 4) is 5.88 Å². The number of hydrogen-bond acceptors (Lipinski definition) is 7. The highest BCUT2D eigenvalue weighted by Crippen LogP contribution is 2.34. The van der Waals surface area contributed by atoms with Crippen LogP contribution in [0.3, 0.4) is 0 Å². The van der Waals surface area contributed by atoms with Crippen molar-refractivity contribution in [1.29, 1.82) is 0 Å². The third-order valence-electron chi connectivity index (χ3n) is 4.99. The average Bonchev–Trinajstić information content (AvgIpc) is 2.73. The maximum atomic E-state index is 11.9. The molecule has 3 aromatic rings. The number of piperidine rings is 1. The molecule has 0 bridgehead atoms. The van der Waals surface area contributed by atoms with Gasteiger partial charge < -0.3 is 14.6 Å². The summed E-state index contributed by atoms with van der Waals surface area (Å²) < 4.78 is 5.73. The topological polar surface area (TPSA) is 114 Å². The summed E-state index contributed by atoms with van der Waals surface area (Å²) in [5.74, 6) is 0.963. The van der Waals surface area contributed by atoms with Gasteiger partial charge in [-0.25, -0.2) is 9.97 Å². The van der Waals surface area contributed by atoms with Crippen LogP contribution in [0, 0.1) is 16.0 Å². The summed E-state index contributed by atoms with van der Waals surface area (Å²) >= 11 is 0. The van der Waals surface area contributed by atoms with Crippen molar-refractivity contribution in [3.05, 3.63) is 63.3 Å². The Hall–Kier alpha value is -3.49. The Bertz CT molecular complexity index is 1050. The predicted octanol–water partition coefficient (Wildman–Crippen LogP) is 2.52. The molecule has 1 aromatic carbocycles. The zero-order valence-corrected chi connectivity index (χ0v) is 15.1. The second-order valence-corrected chi connectivity index (χ2v) is 6.76. The summed E-state index contributed by atoms with van der Waals surface area (Å²) in [5, 5.41) is 11.8. The number of aromatic amines is 1. The number of rotatable bonds is 5. The number of fused-ring (bicyclic) bond motifs is 1. The molecule has 9 nitrogen and oxygen atoms in total. The van der Waals surface area contributed by atoms with Gasteiger partial charge in [-0.3, -0.25) is 14.9 Å². The van der Waals surface area contributed by atoms with E-state index in [-0.39, 0.29) is 16.6 Å². The number of nitro groups is 1. The van der Waals surface area contributed by atoms with Gasteiger partial charge in [0.25, 0.3) is 11.2 Å². The van der Waals surface area contributed by atoms with E-state index in [4.69, 9.17) is 4.74 Å². The van der Waals surface area contributed by atoms with Crippen molar-refractivity contribution in [2.24, 2.45) is 5.92 Å². The number of nitro benzene ring substituents is 1. The van der Waals surface area contributed by atoms with Crippen LogP contribution in [-0.2, 0) is 0 Å². The molecule has 0 saturated carbocycles. The van der Waals surface area contributed by atoms with Gasteiger partial charge in [0.05, 0.1) is 28.8 Å². The van der Waals surface area contributed by atoms with E-state index in [9.17, 15) is 14.9 Å². The lowest BCUT2D eigenvalue weighted by Gasteiger charge is -2.33. The Kier molecular flexibility index (Phi) is 4.88. The monoisotopic (exact) mass is 381 g/mol. The van der Waals surface area contributed by atoms with Crippen LogP contribution in [0.4, 0.5) is 11.4 Å². The van der Waals surface area contributed by atoms with Crippen molar-refractivity contribution in [1.82, 2.24) is 15.0 Å². The summed E-state index contributed by atoms with van der Waals surface area (Å²) in [6.45, 7) is 1.92. The number of anilines is 1. The van der Waals surface area contributed by atoms with Gasteiger partial charge in [-0.15, -0.1) is 0 Å². The first-order valence-electron chi connectivity index (χ1n) is 9.06. The fourth-order valence-corrected chi connectivity index (χ4v) is 3.47. The fourth-order valence-electron chi connectivity index (χ4n) is 3.47. The van der Waals surface area contributed by atoms with Crippen molar-refractivity contribution in [2.75, 3.05) is 24.6 Å². The van der Waals surface area contributed by atoms with E-state index in [1.54, 1.807) is 12.3 Å². The number of pyridine rings is 1. The summed E-state index contributed by atoms with van der Waals surface area (Å²) in [5.41, 5.74) is 0.490. The largest absolute Gasteiger partial charge is 0.477 e. The number of nitrogens with one attached hydrogen (secondary N) is 1. The minimum absolute atomic E-state index is 0.0748. The van der Waals surface area contributed by atoms with Crippen molar-refractivity contribution in [2.45, 2.75) is 12.8 Å². The molecular formula is C19H19N5O4. The fraction of sp³-hybridized carbons (Fsp3) is 0.316. The normalized spacial score (nSPS) is 14.9. The van der Waals surface area contributed by atoms with E-state index >= 15 is 0 Å². The van der Waals surface area contributed by atoms with E-state index in [1.807, 2.05) is 23.1 Å². The molecule has 0 spiro atoms. The Balaban J connectivity index is 1.49. The van der Waals surface area contributed by atoms with Crippen molar-refractivity contribution in [3.63, 3.8) is 0 Å². The summed E-state index contributed by atoms with van der Waals surface area (Å²) in [7, 11) is 0. The highest BCUT2D eigenvalue weighted by molar-refractivity contribution is 5.87. The molecule has 1 fully saturated rings. The third kappa shape index (κ3) is 3.64. The first-order valence-corrected chi connectivity index (χ1v) is 9.06. The van der Waals surface area contributed by atoms with Gasteiger partial charge in [-0.05, 0) is 30.9 Å². The standard InChI is InChI=1S/C19H19N5O4/c25-19-14-9-17(24(26)27)16(10-15(14)21-12-22-19)23-7-4-13(5-8-23)11-28-18-3-1-2-6-20-18/h1-3,6,9-10,12-13H,4-5,7-8,11H2,(H,21,22,25). The minimum atomic E-state index is -0.447. The predicted molar refractivity (Wildman–Crippen MR) is 104 cm³/mol. The minimum Gasteiger partial charge on any atom is -0.477 e. The highest BCUT2D eigenvalue weighted by Gasteiger charge is 2.26. The molecule has 0 unspecified atom stereocenters. The Morgan fingerprint density at radius 2 is 2.07 bits per heavy atom. The van der Waals surface area contributed by atoms with E-state index in [2.05, 4.69) is 15.0 Å². The van der Waals surface area contributed by atoms with Gasteiger partial charge >= 0.3 is 0 Å². The number of benzene rings is 1. The number of nitrogens with zero attached hydrogens (tertiary/aromatic N) is 4. The van der Waals surface area contributed by atoms with Gasteiger partial charge in [0.15, 0.2) is 0 Å². The Morgan fingerprint density at radius 1 is 1.25 bits per heavy atom. The molecule has 28 heavy (non-hydrogen) atoms. The molecule has 1 N–H and O–H groups in total. The van der Waals surface area contributed by atoms with Crippen molar-refractivity contribution >= 4 is 22.3 Å². The number of ether oxygens (including phenoxy) is 1. The van der Waals surface area contributed by atoms with Crippen LogP contribution >= 0.6 is 0 Å². The molecule has 0 radical (unpaired) electrons. The smallest absolute Gasteiger partial charge is 0.293 e. The molecule has 1 aliphatic rings. The second-order valence-electron chi connectivity index (χ2n) is 6.76. The molecule has 2 aromatic heterocycles. The second kappa shape index (κ2) is 7.63. The van der Waals surface area contributed by atoms with Crippen LogP contribution in [0.5, 0.6) is 5.88 Å². The first kappa shape index (κ1) is 17.9. The molecule has 1 aliphatic heterocycles. The molecule has 1 saturated heterocycles. The lowest BCUT2D eigenvalue weighted by molar-refractivity contribution is -0.384. The lowest BCUT2D eigenvalue weighted by atomic mass is 9.97. The maximum Gasteiger partial charge on any atom is 0.293 e. The SMILES string of the molecule is O=c1[nH]cnc2cc(N3CCC(COc4ccccn4)CC3)c([N+](=O)[O-])cc12. The Labute approximate surface area is 160 Å². The zero-order valence-electron chi connectivity index (χ0n) is 15.1. The Morgan fingerprint density at radius 3 is 2.79 bits per heavy atom. The molecular weight excluding hydrogens is 362 g/mol. The average molecular weight is 381 g/mol. The third-order valence-corrected chi connectivity index (χ3v) is 4.99. The quantitative estimate of drug-likeness (QED) is 0.533. The molecule has 3 heterocycles. The van der Waals surface area contributed by atoms with E-state index in [0.29, 0.717) is 42.7 Å². The lowest BCUT2D eigenvalue weighted by Crippen LogP contribution is -2.36. The van der Waals surface area contributed by atoms with Crippen molar-refractivity contribution < 1.29 is 9.66 Å². The van der Waals surface area contributed by atoms with Crippen LogP contribution < -0.4 is 15.2 Å². The van der Waals surface area contributed by atoms with E-state index < -0.39 is 4.92 Å². The first-order chi connectivity index (χ1) is 13.6. The van der Waals surface area contributed by atoms with Gasteiger partial charge in [0.1, 0.15) is 5.69 Å². The molecule has 0 amide bonds. The molecule has 144 valence electrons. The molecule has 9 heteroatoms. The molecule has 0 aliphatic carbocycles. The summed E-state index contributed by atoms with van der Waals surface area (Å²) in [6, 6.07) is 8.48. The van der Waals surface area contributed by atoms with Crippen LogP contribution in [0.25, 0.3) is 10.9 Å². The van der Waals surface area contributed by atoms with E-state index in [0.717, 1.165) is 12.8 Å².